The molecule has 0 unspecified atom stereocenters. The largest absolute Gasteiger partial charge is 0.0683 e. The van der Waals surface area contributed by atoms with Gasteiger partial charge in [-0.15, -0.1) is 0 Å². The standard InChI is InChI=1S/C23H22.4C2H6/c1-15-13-20-18(14-21(15)23(2,3)4)12-11-17-10-9-16-7-5-6-8-19(16)22(17)20;4*1-2/h5-14H,1-4H3;4*1-2H3. The van der Waals surface area contributed by atoms with Gasteiger partial charge in [-0.3, -0.25) is 0 Å². The molecule has 31 heavy (non-hydrogen) atoms. The van der Waals surface area contributed by atoms with Gasteiger partial charge in [-0.05, 0) is 55.8 Å². The molecule has 0 fully saturated rings. The second-order valence-corrected chi connectivity index (χ2v) is 7.59. The van der Waals surface area contributed by atoms with Crippen LogP contribution >= 0.6 is 0 Å². The van der Waals surface area contributed by atoms with Crippen LogP contribution in [0.25, 0.3) is 32.3 Å². The van der Waals surface area contributed by atoms with Gasteiger partial charge in [0.1, 0.15) is 0 Å². The molecule has 0 saturated heterocycles. The molecule has 0 bridgehead atoms. The maximum atomic E-state index is 2.38. The fourth-order valence-corrected chi connectivity index (χ4v) is 3.79. The Morgan fingerprint density at radius 3 is 1.55 bits per heavy atom. The summed E-state index contributed by atoms with van der Waals surface area (Å²) in [6.07, 6.45) is 0. The summed E-state index contributed by atoms with van der Waals surface area (Å²) in [5.41, 5.74) is 2.99. The van der Waals surface area contributed by atoms with Crippen molar-refractivity contribution in [1.29, 1.82) is 0 Å². The third kappa shape index (κ3) is 6.57. The van der Waals surface area contributed by atoms with Crippen LogP contribution in [0.15, 0.2) is 60.7 Å². The summed E-state index contributed by atoms with van der Waals surface area (Å²) >= 11 is 0. The first-order valence-corrected chi connectivity index (χ1v) is 12.3. The Labute approximate surface area is 192 Å². The minimum atomic E-state index is 0.173. The van der Waals surface area contributed by atoms with E-state index in [1.54, 1.807) is 0 Å². The number of benzene rings is 4. The molecular formula is C31H46. The van der Waals surface area contributed by atoms with E-state index < -0.39 is 0 Å². The molecule has 4 aromatic carbocycles. The van der Waals surface area contributed by atoms with Crippen molar-refractivity contribution < 1.29 is 0 Å². The van der Waals surface area contributed by atoms with Gasteiger partial charge >= 0.3 is 0 Å². The highest BCUT2D eigenvalue weighted by atomic mass is 14.2. The van der Waals surface area contributed by atoms with Crippen LogP contribution in [-0.4, -0.2) is 0 Å². The first kappa shape index (κ1) is 28.7. The molecule has 4 aromatic rings. The van der Waals surface area contributed by atoms with Crippen molar-refractivity contribution in [2.75, 3.05) is 0 Å². The Morgan fingerprint density at radius 1 is 0.516 bits per heavy atom. The molecule has 0 heteroatoms. The number of rotatable bonds is 0. The Bertz CT molecular complexity index is 1050. The van der Waals surface area contributed by atoms with Gasteiger partial charge in [-0.1, -0.05) is 137 Å². The quantitative estimate of drug-likeness (QED) is 0.249. The van der Waals surface area contributed by atoms with E-state index in [1.165, 1.54) is 43.4 Å². The van der Waals surface area contributed by atoms with Gasteiger partial charge in [0.2, 0.25) is 0 Å². The van der Waals surface area contributed by atoms with Gasteiger partial charge in [0.05, 0.1) is 0 Å². The molecule has 0 nitrogen and oxygen atoms in total. The Kier molecular flexibility index (Phi) is 12.8. The summed E-state index contributed by atoms with van der Waals surface area (Å²) < 4.78 is 0. The Morgan fingerprint density at radius 2 is 1.00 bits per heavy atom. The number of hydrogen-bond donors (Lipinski definition) is 0. The average molecular weight is 419 g/mol. The summed E-state index contributed by atoms with van der Waals surface area (Å²) in [7, 11) is 0. The van der Waals surface area contributed by atoms with Crippen LogP contribution in [0.4, 0.5) is 0 Å². The van der Waals surface area contributed by atoms with Gasteiger partial charge in [0.25, 0.3) is 0 Å². The second-order valence-electron chi connectivity index (χ2n) is 7.59. The van der Waals surface area contributed by atoms with Crippen molar-refractivity contribution in [2.45, 2.75) is 88.5 Å². The van der Waals surface area contributed by atoms with E-state index in [2.05, 4.69) is 88.4 Å². The summed E-state index contributed by atoms with van der Waals surface area (Å²) in [4.78, 5) is 0. The van der Waals surface area contributed by atoms with E-state index in [-0.39, 0.29) is 5.41 Å². The van der Waals surface area contributed by atoms with Crippen molar-refractivity contribution in [1.82, 2.24) is 0 Å². The van der Waals surface area contributed by atoms with Gasteiger partial charge < -0.3 is 0 Å². The molecule has 4 rings (SSSR count). The monoisotopic (exact) mass is 418 g/mol. The zero-order valence-corrected chi connectivity index (χ0v) is 22.3. The summed E-state index contributed by atoms with van der Waals surface area (Å²) in [5, 5.41) is 8.06. The van der Waals surface area contributed by atoms with Gasteiger partial charge in [0, 0.05) is 0 Å². The molecule has 0 atom stereocenters. The van der Waals surface area contributed by atoms with Crippen molar-refractivity contribution in [3.63, 3.8) is 0 Å². The highest BCUT2D eigenvalue weighted by molar-refractivity contribution is 6.20. The van der Waals surface area contributed by atoms with Gasteiger partial charge in [-0.2, -0.15) is 0 Å². The lowest BCUT2D eigenvalue weighted by Gasteiger charge is -2.23. The summed E-state index contributed by atoms with van der Waals surface area (Å²) in [5.74, 6) is 0. The topological polar surface area (TPSA) is 0 Å². The molecule has 0 radical (unpaired) electrons. The zero-order chi connectivity index (χ0) is 24.2. The fraction of sp³-hybridized carbons (Fsp3) is 0.419. The summed E-state index contributed by atoms with van der Waals surface area (Å²) in [6, 6.07) is 22.4. The number of hydrogen-bond acceptors (Lipinski definition) is 0. The predicted octanol–water partition coefficient (Wildman–Crippen LogP) is 10.9. The number of aryl methyl sites for hydroxylation is 1. The van der Waals surface area contributed by atoms with Crippen LogP contribution in [-0.2, 0) is 5.41 Å². The minimum Gasteiger partial charge on any atom is -0.0683 e. The lowest BCUT2D eigenvalue weighted by molar-refractivity contribution is 0.587. The van der Waals surface area contributed by atoms with Crippen molar-refractivity contribution in [3.8, 4) is 0 Å². The number of fused-ring (bicyclic) bond motifs is 5. The third-order valence-corrected chi connectivity index (χ3v) is 4.88. The SMILES string of the molecule is CC.CC.CC.CC.Cc1cc2c(ccc3ccc4ccccc4c32)cc1C(C)(C)C. The first-order chi connectivity index (χ1) is 14.9. The predicted molar refractivity (Wildman–Crippen MR) is 148 cm³/mol. The lowest BCUT2D eigenvalue weighted by atomic mass is 9.82. The van der Waals surface area contributed by atoms with Gasteiger partial charge in [0.15, 0.2) is 0 Å². The Hall–Kier alpha value is -2.34. The second kappa shape index (κ2) is 13.9. The van der Waals surface area contributed by atoms with Crippen molar-refractivity contribution in [3.05, 3.63) is 71.8 Å². The molecule has 0 aromatic heterocycles. The highest BCUT2D eigenvalue weighted by Gasteiger charge is 2.17. The van der Waals surface area contributed by atoms with Crippen LogP contribution in [0.2, 0.25) is 0 Å². The Balaban J connectivity index is 0.00000102. The summed E-state index contributed by atoms with van der Waals surface area (Å²) in [6.45, 7) is 25.1. The normalized spacial score (nSPS) is 9.94. The van der Waals surface area contributed by atoms with Crippen LogP contribution in [0, 0.1) is 6.92 Å². The van der Waals surface area contributed by atoms with Crippen LogP contribution < -0.4 is 0 Å². The average Bonchev–Trinajstić information content (AvgIpc) is 2.82. The molecular weight excluding hydrogens is 372 g/mol. The maximum Gasteiger partial charge on any atom is -0.00267 e. The van der Waals surface area contributed by atoms with E-state index in [0.29, 0.717) is 0 Å². The van der Waals surface area contributed by atoms with Crippen LogP contribution in [0.3, 0.4) is 0 Å². The van der Waals surface area contributed by atoms with E-state index in [9.17, 15) is 0 Å². The molecule has 0 aliphatic rings. The smallest absolute Gasteiger partial charge is 0.00267 e. The molecule has 0 aliphatic carbocycles. The van der Waals surface area contributed by atoms with E-state index in [1.807, 2.05) is 55.4 Å². The highest BCUT2D eigenvalue weighted by Crippen LogP contribution is 2.36. The molecule has 0 aliphatic heterocycles. The fourth-order valence-electron chi connectivity index (χ4n) is 3.79. The van der Waals surface area contributed by atoms with Gasteiger partial charge in [-0.25, -0.2) is 0 Å². The molecule has 0 N–H and O–H groups in total. The van der Waals surface area contributed by atoms with E-state index in [0.717, 1.165) is 0 Å². The van der Waals surface area contributed by atoms with E-state index >= 15 is 0 Å². The van der Waals surface area contributed by atoms with Crippen molar-refractivity contribution in [2.24, 2.45) is 0 Å². The molecule has 0 amide bonds. The molecule has 0 spiro atoms. The lowest BCUT2D eigenvalue weighted by Crippen LogP contribution is -2.12. The van der Waals surface area contributed by atoms with Crippen molar-refractivity contribution >= 4 is 32.3 Å². The third-order valence-electron chi connectivity index (χ3n) is 4.88. The zero-order valence-electron chi connectivity index (χ0n) is 22.3. The van der Waals surface area contributed by atoms with E-state index in [4.69, 9.17) is 0 Å². The molecule has 0 saturated carbocycles. The van der Waals surface area contributed by atoms with Crippen LogP contribution in [0.1, 0.15) is 87.3 Å². The first-order valence-electron chi connectivity index (χ1n) is 12.3. The minimum absolute atomic E-state index is 0.173. The molecule has 0 heterocycles. The maximum absolute atomic E-state index is 2.38. The molecule has 170 valence electrons. The van der Waals surface area contributed by atoms with Crippen LogP contribution in [0.5, 0.6) is 0 Å².